The number of allylic oxidation sites excluding steroid dienone is 1. The van der Waals surface area contributed by atoms with Gasteiger partial charge >= 0.3 is 0 Å². The summed E-state index contributed by atoms with van der Waals surface area (Å²) in [4.78, 5) is 10.2. The fourth-order valence-electron chi connectivity index (χ4n) is 2.35. The molecule has 0 bridgehead atoms. The first-order chi connectivity index (χ1) is 9.25. The number of nitrogens with one attached hydrogen (secondary N) is 1. The lowest BCUT2D eigenvalue weighted by atomic mass is 9.97. The number of nitro benzene ring substituents is 1. The second-order valence-corrected chi connectivity index (χ2v) is 4.96. The van der Waals surface area contributed by atoms with Crippen molar-refractivity contribution in [2.45, 2.75) is 38.6 Å². The third-order valence-electron chi connectivity index (χ3n) is 3.48. The van der Waals surface area contributed by atoms with E-state index in [1.54, 1.807) is 17.7 Å². The quantitative estimate of drug-likeness (QED) is 0.368. The predicted octanol–water partition coefficient (Wildman–Crippen LogP) is 3.57. The van der Waals surface area contributed by atoms with Crippen molar-refractivity contribution in [3.63, 3.8) is 0 Å². The number of hydrogen-bond donors (Lipinski definition) is 1. The molecule has 1 aromatic carbocycles. The summed E-state index contributed by atoms with van der Waals surface area (Å²) in [7, 11) is 0. The molecule has 0 fully saturated rings. The number of benzene rings is 1. The van der Waals surface area contributed by atoms with Gasteiger partial charge < -0.3 is 5.32 Å². The highest BCUT2D eigenvalue weighted by atomic mass is 16.6. The standard InChI is InChI=1S/C15H20N2O2/c18-17(19)15-8-6-14(7-9-15)12-16-11-10-13-4-2-1-3-5-13/h4,6-9,16H,1-3,5,10-12H2. The van der Waals surface area contributed by atoms with E-state index in [0.717, 1.165) is 25.1 Å². The molecule has 1 aliphatic rings. The van der Waals surface area contributed by atoms with Gasteiger partial charge in [0.25, 0.3) is 5.69 Å². The van der Waals surface area contributed by atoms with Gasteiger partial charge in [-0.1, -0.05) is 23.8 Å². The molecule has 0 aliphatic heterocycles. The molecule has 2 rings (SSSR count). The van der Waals surface area contributed by atoms with E-state index in [0.29, 0.717) is 0 Å². The summed E-state index contributed by atoms with van der Waals surface area (Å²) in [5.41, 5.74) is 2.81. The molecular weight excluding hydrogens is 240 g/mol. The van der Waals surface area contributed by atoms with Crippen LogP contribution in [0.3, 0.4) is 0 Å². The van der Waals surface area contributed by atoms with Crippen LogP contribution in [0, 0.1) is 10.1 Å². The van der Waals surface area contributed by atoms with Gasteiger partial charge in [-0.2, -0.15) is 0 Å². The van der Waals surface area contributed by atoms with Gasteiger partial charge in [0, 0.05) is 18.7 Å². The lowest BCUT2D eigenvalue weighted by Gasteiger charge is -2.12. The molecule has 1 aromatic rings. The number of nitro groups is 1. The van der Waals surface area contributed by atoms with E-state index in [1.807, 2.05) is 12.1 Å². The van der Waals surface area contributed by atoms with E-state index in [9.17, 15) is 10.1 Å². The van der Waals surface area contributed by atoms with Crippen LogP contribution >= 0.6 is 0 Å². The third-order valence-corrected chi connectivity index (χ3v) is 3.48. The Kier molecular flexibility index (Phi) is 5.10. The van der Waals surface area contributed by atoms with Crippen LogP contribution in [-0.2, 0) is 6.54 Å². The molecule has 1 aliphatic carbocycles. The van der Waals surface area contributed by atoms with E-state index in [1.165, 1.54) is 25.7 Å². The van der Waals surface area contributed by atoms with Crippen LogP contribution in [0.5, 0.6) is 0 Å². The van der Waals surface area contributed by atoms with Crippen molar-refractivity contribution < 1.29 is 4.92 Å². The lowest BCUT2D eigenvalue weighted by molar-refractivity contribution is -0.384. The second kappa shape index (κ2) is 7.04. The predicted molar refractivity (Wildman–Crippen MR) is 76.0 cm³/mol. The maximum absolute atomic E-state index is 10.5. The molecular formula is C15H20N2O2. The Morgan fingerprint density at radius 2 is 2.00 bits per heavy atom. The van der Waals surface area contributed by atoms with Gasteiger partial charge in [0.2, 0.25) is 0 Å². The molecule has 0 atom stereocenters. The van der Waals surface area contributed by atoms with Crippen molar-refractivity contribution in [2.75, 3.05) is 6.54 Å². The Morgan fingerprint density at radius 3 is 2.63 bits per heavy atom. The number of rotatable bonds is 6. The summed E-state index contributed by atoms with van der Waals surface area (Å²) in [6.45, 7) is 1.74. The average Bonchev–Trinajstić information content (AvgIpc) is 2.45. The van der Waals surface area contributed by atoms with Crippen LogP contribution in [0.15, 0.2) is 35.9 Å². The van der Waals surface area contributed by atoms with E-state index in [-0.39, 0.29) is 10.6 Å². The molecule has 0 heterocycles. The molecule has 0 unspecified atom stereocenters. The second-order valence-electron chi connectivity index (χ2n) is 4.96. The minimum atomic E-state index is -0.368. The normalized spacial score (nSPS) is 15.1. The first-order valence-electron chi connectivity index (χ1n) is 6.87. The van der Waals surface area contributed by atoms with Gasteiger partial charge in [-0.05, 0) is 44.2 Å². The topological polar surface area (TPSA) is 55.2 Å². The SMILES string of the molecule is O=[N+]([O-])c1ccc(CNCCC2=CCCCC2)cc1. The zero-order valence-corrected chi connectivity index (χ0v) is 11.1. The van der Waals surface area contributed by atoms with Gasteiger partial charge in [0.1, 0.15) is 0 Å². The van der Waals surface area contributed by atoms with Crippen LogP contribution in [0.1, 0.15) is 37.7 Å². The molecule has 0 radical (unpaired) electrons. The summed E-state index contributed by atoms with van der Waals surface area (Å²) in [6, 6.07) is 6.73. The van der Waals surface area contributed by atoms with Gasteiger partial charge in [0.05, 0.1) is 4.92 Å². The molecule has 0 amide bonds. The summed E-state index contributed by atoms with van der Waals surface area (Å²) in [5.74, 6) is 0. The third kappa shape index (κ3) is 4.48. The van der Waals surface area contributed by atoms with E-state index < -0.39 is 0 Å². The fourth-order valence-corrected chi connectivity index (χ4v) is 2.35. The van der Waals surface area contributed by atoms with Crippen molar-refractivity contribution in [1.29, 1.82) is 0 Å². The minimum absolute atomic E-state index is 0.149. The Hall–Kier alpha value is -1.68. The van der Waals surface area contributed by atoms with Gasteiger partial charge in [-0.3, -0.25) is 10.1 Å². The zero-order valence-electron chi connectivity index (χ0n) is 11.1. The Bertz CT molecular complexity index is 452. The number of non-ortho nitro benzene ring substituents is 1. The molecule has 4 heteroatoms. The minimum Gasteiger partial charge on any atom is -0.312 e. The van der Waals surface area contributed by atoms with Crippen molar-refractivity contribution >= 4 is 5.69 Å². The highest BCUT2D eigenvalue weighted by molar-refractivity contribution is 5.32. The van der Waals surface area contributed by atoms with Crippen LogP contribution in [-0.4, -0.2) is 11.5 Å². The van der Waals surface area contributed by atoms with E-state index in [2.05, 4.69) is 11.4 Å². The highest BCUT2D eigenvalue weighted by Gasteiger charge is 2.04. The Labute approximate surface area is 113 Å². The largest absolute Gasteiger partial charge is 0.312 e. The fraction of sp³-hybridized carbons (Fsp3) is 0.467. The summed E-state index contributed by atoms with van der Waals surface area (Å²) in [6.07, 6.45) is 8.63. The molecule has 0 saturated heterocycles. The first kappa shape index (κ1) is 13.7. The van der Waals surface area contributed by atoms with Crippen molar-refractivity contribution in [3.8, 4) is 0 Å². The summed E-state index contributed by atoms with van der Waals surface area (Å²) in [5, 5.41) is 13.9. The number of nitrogens with zero attached hydrogens (tertiary/aromatic N) is 1. The van der Waals surface area contributed by atoms with Gasteiger partial charge in [-0.15, -0.1) is 0 Å². The van der Waals surface area contributed by atoms with Crippen molar-refractivity contribution in [3.05, 3.63) is 51.6 Å². The van der Waals surface area contributed by atoms with Crippen molar-refractivity contribution in [1.82, 2.24) is 5.32 Å². The van der Waals surface area contributed by atoms with Gasteiger partial charge in [0.15, 0.2) is 0 Å². The van der Waals surface area contributed by atoms with E-state index in [4.69, 9.17) is 0 Å². The van der Waals surface area contributed by atoms with Crippen LogP contribution in [0.2, 0.25) is 0 Å². The molecule has 4 nitrogen and oxygen atoms in total. The van der Waals surface area contributed by atoms with Crippen LogP contribution in [0.25, 0.3) is 0 Å². The molecule has 0 aromatic heterocycles. The van der Waals surface area contributed by atoms with E-state index >= 15 is 0 Å². The van der Waals surface area contributed by atoms with Crippen LogP contribution < -0.4 is 5.32 Å². The lowest BCUT2D eigenvalue weighted by Crippen LogP contribution is -2.15. The van der Waals surface area contributed by atoms with Gasteiger partial charge in [-0.25, -0.2) is 0 Å². The Balaban J connectivity index is 1.70. The molecule has 0 spiro atoms. The first-order valence-corrected chi connectivity index (χ1v) is 6.87. The monoisotopic (exact) mass is 260 g/mol. The Morgan fingerprint density at radius 1 is 1.21 bits per heavy atom. The number of hydrogen-bond acceptors (Lipinski definition) is 3. The highest BCUT2D eigenvalue weighted by Crippen LogP contribution is 2.19. The van der Waals surface area contributed by atoms with Crippen LogP contribution in [0.4, 0.5) is 5.69 Å². The van der Waals surface area contributed by atoms with Crippen molar-refractivity contribution in [2.24, 2.45) is 0 Å². The zero-order chi connectivity index (χ0) is 13.5. The smallest absolute Gasteiger partial charge is 0.269 e. The molecule has 19 heavy (non-hydrogen) atoms. The average molecular weight is 260 g/mol. The summed E-state index contributed by atoms with van der Waals surface area (Å²) < 4.78 is 0. The maximum Gasteiger partial charge on any atom is 0.269 e. The molecule has 1 N–H and O–H groups in total. The summed E-state index contributed by atoms with van der Waals surface area (Å²) >= 11 is 0. The molecule has 102 valence electrons. The molecule has 0 saturated carbocycles. The maximum atomic E-state index is 10.5.